The molecular weight excluding hydrogens is 256 g/mol. The first-order valence-electron chi connectivity index (χ1n) is 7.01. The molecule has 0 atom stereocenters. The summed E-state index contributed by atoms with van der Waals surface area (Å²) in [5.74, 6) is 0.100. The summed E-state index contributed by atoms with van der Waals surface area (Å²) in [6.07, 6.45) is 3.63. The van der Waals surface area contributed by atoms with E-state index < -0.39 is 10.6 Å². The number of hydroxylamine groups is 2. The van der Waals surface area contributed by atoms with Gasteiger partial charge in [0, 0.05) is 19.0 Å². The lowest BCUT2D eigenvalue weighted by Crippen LogP contribution is -2.41. The Hall–Kier alpha value is -1.85. The summed E-state index contributed by atoms with van der Waals surface area (Å²) in [6.45, 7) is 3.12. The van der Waals surface area contributed by atoms with Crippen molar-refractivity contribution in [1.82, 2.24) is 9.05 Å². The van der Waals surface area contributed by atoms with Gasteiger partial charge in [0.25, 0.3) is 0 Å². The zero-order chi connectivity index (χ0) is 14.2. The fraction of sp³-hybridized carbons (Fsp3) is 0.400. The van der Waals surface area contributed by atoms with Gasteiger partial charge in [-0.15, -0.1) is 0 Å². The SMILES string of the molecule is CCOC(=O)c1cc2ccccn2c1[N+]1([O-])CCCC1. The molecular formula is C15H18N2O3. The summed E-state index contributed by atoms with van der Waals surface area (Å²) in [6, 6.07) is 7.42. The smallest absolute Gasteiger partial charge is 0.346 e. The van der Waals surface area contributed by atoms with Crippen LogP contribution in [0, 0.1) is 5.21 Å². The van der Waals surface area contributed by atoms with Crippen molar-refractivity contribution >= 4 is 17.3 Å². The van der Waals surface area contributed by atoms with Crippen molar-refractivity contribution < 1.29 is 9.53 Å². The van der Waals surface area contributed by atoms with Crippen LogP contribution in [0.5, 0.6) is 0 Å². The number of hydrogen-bond donors (Lipinski definition) is 0. The summed E-state index contributed by atoms with van der Waals surface area (Å²) in [4.78, 5) is 12.1. The molecule has 0 aromatic carbocycles. The second-order valence-corrected chi connectivity index (χ2v) is 5.14. The number of carbonyl (C=O) groups is 1. The number of hydrogen-bond acceptors (Lipinski definition) is 3. The highest BCUT2D eigenvalue weighted by Crippen LogP contribution is 2.34. The van der Waals surface area contributed by atoms with Gasteiger partial charge >= 0.3 is 5.97 Å². The van der Waals surface area contributed by atoms with Crippen molar-refractivity contribution in [3.63, 3.8) is 0 Å². The Morgan fingerprint density at radius 3 is 2.85 bits per heavy atom. The number of aromatic nitrogens is 1. The molecule has 3 rings (SSSR count). The van der Waals surface area contributed by atoms with E-state index in [0.717, 1.165) is 18.4 Å². The number of ether oxygens (including phenoxy) is 1. The minimum Gasteiger partial charge on any atom is -0.626 e. The molecule has 1 fully saturated rings. The van der Waals surface area contributed by atoms with Crippen molar-refractivity contribution in [2.75, 3.05) is 19.7 Å². The third-order valence-corrected chi connectivity index (χ3v) is 3.82. The van der Waals surface area contributed by atoms with Crippen LogP contribution in [0.15, 0.2) is 30.5 Å². The molecule has 0 spiro atoms. The number of pyridine rings is 1. The first kappa shape index (κ1) is 13.1. The molecule has 0 N–H and O–H groups in total. The number of quaternary nitrogens is 1. The Morgan fingerprint density at radius 2 is 2.15 bits per heavy atom. The first-order valence-corrected chi connectivity index (χ1v) is 7.01. The zero-order valence-electron chi connectivity index (χ0n) is 11.5. The molecule has 0 bridgehead atoms. The van der Waals surface area contributed by atoms with Crippen LogP contribution >= 0.6 is 0 Å². The predicted octanol–water partition coefficient (Wildman–Crippen LogP) is 2.71. The quantitative estimate of drug-likeness (QED) is 0.491. The van der Waals surface area contributed by atoms with Crippen molar-refractivity contribution in [3.05, 3.63) is 41.2 Å². The average molecular weight is 274 g/mol. The van der Waals surface area contributed by atoms with E-state index in [1.165, 1.54) is 0 Å². The highest BCUT2D eigenvalue weighted by Gasteiger charge is 2.34. The van der Waals surface area contributed by atoms with Crippen LogP contribution in [-0.2, 0) is 4.74 Å². The fourth-order valence-corrected chi connectivity index (χ4v) is 2.94. The Labute approximate surface area is 117 Å². The van der Waals surface area contributed by atoms with Crippen molar-refractivity contribution in [1.29, 1.82) is 0 Å². The maximum atomic E-state index is 13.0. The number of esters is 1. The number of nitrogens with zero attached hydrogens (tertiary/aromatic N) is 2. The van der Waals surface area contributed by atoms with Crippen molar-refractivity contribution in [3.8, 4) is 0 Å². The van der Waals surface area contributed by atoms with Gasteiger partial charge in [-0.25, -0.2) is 4.79 Å². The zero-order valence-corrected chi connectivity index (χ0v) is 11.5. The number of rotatable bonds is 3. The van der Waals surface area contributed by atoms with E-state index in [9.17, 15) is 10.0 Å². The van der Waals surface area contributed by atoms with Gasteiger partial charge in [-0.2, -0.15) is 0 Å². The van der Waals surface area contributed by atoms with Crippen LogP contribution < -0.4 is 4.65 Å². The van der Waals surface area contributed by atoms with Crippen molar-refractivity contribution in [2.45, 2.75) is 19.8 Å². The molecule has 106 valence electrons. The molecule has 0 aliphatic carbocycles. The van der Waals surface area contributed by atoms with Gasteiger partial charge < -0.3 is 14.6 Å². The molecule has 1 aliphatic rings. The molecule has 3 heterocycles. The van der Waals surface area contributed by atoms with E-state index in [4.69, 9.17) is 4.74 Å². The maximum absolute atomic E-state index is 13.0. The molecule has 20 heavy (non-hydrogen) atoms. The third kappa shape index (κ3) is 1.99. The Bertz CT molecular complexity index is 642. The Balaban J connectivity index is 2.20. The van der Waals surface area contributed by atoms with Gasteiger partial charge in [0.1, 0.15) is 5.56 Å². The van der Waals surface area contributed by atoms with Crippen molar-refractivity contribution in [2.24, 2.45) is 0 Å². The highest BCUT2D eigenvalue weighted by atomic mass is 16.6. The summed E-state index contributed by atoms with van der Waals surface area (Å²) in [5.41, 5.74) is 1.25. The standard InChI is InChI=1S/C15H18N2O3/c1-2-20-15(18)13-11-12-7-3-4-8-16(12)14(13)17(19)9-5-6-10-17/h3-4,7-8,11H,2,5-6,9-10H2,1H3. The van der Waals surface area contributed by atoms with Gasteiger partial charge in [-0.1, -0.05) is 6.07 Å². The maximum Gasteiger partial charge on any atom is 0.346 e. The Kier molecular flexibility index (Phi) is 3.23. The van der Waals surface area contributed by atoms with Gasteiger partial charge in [-0.3, -0.25) is 4.40 Å². The van der Waals surface area contributed by atoms with E-state index in [1.54, 1.807) is 13.0 Å². The van der Waals surface area contributed by atoms with Crippen LogP contribution in [0.3, 0.4) is 0 Å². The molecule has 0 amide bonds. The normalized spacial score (nSPS) is 17.5. The lowest BCUT2D eigenvalue weighted by Gasteiger charge is -2.37. The van der Waals surface area contributed by atoms with Crippen LogP contribution in [0.4, 0.5) is 5.82 Å². The van der Waals surface area contributed by atoms with Crippen LogP contribution in [0.25, 0.3) is 5.52 Å². The van der Waals surface area contributed by atoms with Gasteiger partial charge in [0.05, 0.1) is 25.2 Å². The van der Waals surface area contributed by atoms with Gasteiger partial charge in [-0.05, 0) is 25.1 Å². The summed E-state index contributed by atoms with van der Waals surface area (Å²) < 4.78 is 6.49. The third-order valence-electron chi connectivity index (χ3n) is 3.82. The molecule has 1 aliphatic heterocycles. The second-order valence-electron chi connectivity index (χ2n) is 5.14. The lowest BCUT2D eigenvalue weighted by molar-refractivity contribution is 0.0525. The second kappa shape index (κ2) is 4.92. The summed E-state index contributed by atoms with van der Waals surface area (Å²) in [7, 11) is 0. The molecule has 2 aromatic heterocycles. The molecule has 2 aromatic rings. The molecule has 1 saturated heterocycles. The van der Waals surface area contributed by atoms with Crippen LogP contribution in [0.2, 0.25) is 0 Å². The molecule has 0 saturated carbocycles. The fourth-order valence-electron chi connectivity index (χ4n) is 2.94. The van der Waals surface area contributed by atoms with Crippen LogP contribution in [-0.4, -0.2) is 30.1 Å². The number of fused-ring (bicyclic) bond motifs is 1. The minimum absolute atomic E-state index is 0.309. The van der Waals surface area contributed by atoms with Crippen LogP contribution in [0.1, 0.15) is 30.1 Å². The van der Waals surface area contributed by atoms with E-state index in [1.807, 2.05) is 28.8 Å². The highest BCUT2D eigenvalue weighted by molar-refractivity contribution is 5.97. The van der Waals surface area contributed by atoms with E-state index in [-0.39, 0.29) is 0 Å². The molecule has 0 unspecified atom stereocenters. The topological polar surface area (TPSA) is 53.8 Å². The summed E-state index contributed by atoms with van der Waals surface area (Å²) in [5, 5.41) is 13.0. The summed E-state index contributed by atoms with van der Waals surface area (Å²) >= 11 is 0. The van der Waals surface area contributed by atoms with Gasteiger partial charge in [0.2, 0.25) is 5.82 Å². The predicted molar refractivity (Wildman–Crippen MR) is 77.5 cm³/mol. The van der Waals surface area contributed by atoms with E-state index in [2.05, 4.69) is 0 Å². The monoisotopic (exact) mass is 274 g/mol. The number of carbonyl (C=O) groups excluding carboxylic acids is 1. The largest absolute Gasteiger partial charge is 0.626 e. The molecule has 0 radical (unpaired) electrons. The van der Waals surface area contributed by atoms with E-state index >= 15 is 0 Å². The average Bonchev–Trinajstić information content (AvgIpc) is 3.03. The molecule has 5 nitrogen and oxygen atoms in total. The lowest BCUT2D eigenvalue weighted by atomic mass is 10.3. The van der Waals surface area contributed by atoms with Gasteiger partial charge in [0.15, 0.2) is 0 Å². The van der Waals surface area contributed by atoms with E-state index in [0.29, 0.717) is 31.1 Å². The molecule has 5 heteroatoms. The minimum atomic E-state index is -0.438. The Morgan fingerprint density at radius 1 is 1.40 bits per heavy atom. The first-order chi connectivity index (χ1) is 9.65.